The highest BCUT2D eigenvalue weighted by atomic mass is 16.3. The molecule has 1 aliphatic rings. The Bertz CT molecular complexity index is 731. The number of hydrogen-bond acceptors (Lipinski definition) is 4. The van der Waals surface area contributed by atoms with E-state index >= 15 is 0 Å². The molecule has 0 radical (unpaired) electrons. The summed E-state index contributed by atoms with van der Waals surface area (Å²) in [6.07, 6.45) is 3.04. The Labute approximate surface area is 134 Å². The van der Waals surface area contributed by atoms with Gasteiger partial charge in [-0.1, -0.05) is 0 Å². The summed E-state index contributed by atoms with van der Waals surface area (Å²) in [5, 5.41) is 0. The molecule has 0 unspecified atom stereocenters. The molecule has 23 heavy (non-hydrogen) atoms. The first-order valence-corrected chi connectivity index (χ1v) is 7.67. The monoisotopic (exact) mass is 316 g/mol. The maximum absolute atomic E-state index is 12.6. The zero-order valence-electron chi connectivity index (χ0n) is 13.5. The summed E-state index contributed by atoms with van der Waals surface area (Å²) in [4.78, 5) is 28.5. The molecule has 6 heteroatoms. The van der Waals surface area contributed by atoms with Crippen molar-refractivity contribution in [3.63, 3.8) is 0 Å². The Kier molecular flexibility index (Phi) is 3.98. The van der Waals surface area contributed by atoms with Gasteiger partial charge >= 0.3 is 0 Å². The van der Waals surface area contributed by atoms with Gasteiger partial charge in [0.2, 0.25) is 0 Å². The number of piperazine rings is 1. The normalized spacial score (nSPS) is 18.3. The van der Waals surface area contributed by atoms with Gasteiger partial charge in [0.05, 0.1) is 12.5 Å². The van der Waals surface area contributed by atoms with Gasteiger partial charge in [0.1, 0.15) is 0 Å². The van der Waals surface area contributed by atoms with Gasteiger partial charge in [0.25, 0.3) is 11.8 Å². The molecule has 0 N–H and O–H groups in total. The van der Waals surface area contributed by atoms with Crippen LogP contribution in [-0.2, 0) is 0 Å². The molecule has 3 rings (SSSR count). The summed E-state index contributed by atoms with van der Waals surface area (Å²) in [7, 11) is 0. The zero-order valence-corrected chi connectivity index (χ0v) is 13.5. The Morgan fingerprint density at radius 1 is 1.00 bits per heavy atom. The van der Waals surface area contributed by atoms with Crippen LogP contribution >= 0.6 is 0 Å². The highest BCUT2D eigenvalue weighted by Crippen LogP contribution is 2.19. The number of hydrogen-bond donors (Lipinski definition) is 0. The number of carbonyl (C=O) groups is 2. The minimum atomic E-state index is -0.124. The van der Waals surface area contributed by atoms with E-state index < -0.39 is 0 Å². The number of furan rings is 2. The van der Waals surface area contributed by atoms with Gasteiger partial charge in [-0.3, -0.25) is 9.59 Å². The molecule has 0 aromatic carbocycles. The van der Waals surface area contributed by atoms with Crippen molar-refractivity contribution in [2.24, 2.45) is 0 Å². The van der Waals surface area contributed by atoms with E-state index in [-0.39, 0.29) is 17.9 Å². The maximum atomic E-state index is 12.6. The molecule has 0 bridgehead atoms. The molecule has 0 aliphatic carbocycles. The van der Waals surface area contributed by atoms with E-state index in [1.165, 1.54) is 12.5 Å². The van der Waals surface area contributed by atoms with Crippen LogP contribution in [0.25, 0.3) is 0 Å². The second-order valence-corrected chi connectivity index (χ2v) is 5.96. The lowest BCUT2D eigenvalue weighted by Gasteiger charge is -2.39. The third-order valence-corrected chi connectivity index (χ3v) is 4.29. The average molecular weight is 316 g/mol. The maximum Gasteiger partial charge on any atom is 0.290 e. The third-order valence-electron chi connectivity index (χ3n) is 4.29. The number of nitrogens with zero attached hydrogens (tertiary/aromatic N) is 2. The van der Waals surface area contributed by atoms with Crippen molar-refractivity contribution in [3.8, 4) is 0 Å². The SMILES string of the molecule is Cc1ccoc1C(=O)N1CCN(C(=O)c2occc2C)[C@@H](C)C1. The highest BCUT2D eigenvalue weighted by molar-refractivity contribution is 5.94. The topological polar surface area (TPSA) is 66.9 Å². The molecular weight excluding hydrogens is 296 g/mol. The lowest BCUT2D eigenvalue weighted by Crippen LogP contribution is -2.55. The quantitative estimate of drug-likeness (QED) is 0.853. The van der Waals surface area contributed by atoms with Crippen LogP contribution in [0.15, 0.2) is 33.5 Å². The second kappa shape index (κ2) is 5.95. The number of aryl methyl sites for hydroxylation is 2. The summed E-state index contributed by atoms with van der Waals surface area (Å²) >= 11 is 0. The van der Waals surface area contributed by atoms with E-state index in [9.17, 15) is 9.59 Å². The van der Waals surface area contributed by atoms with E-state index in [0.29, 0.717) is 31.2 Å². The zero-order chi connectivity index (χ0) is 16.6. The highest BCUT2D eigenvalue weighted by Gasteiger charge is 2.33. The van der Waals surface area contributed by atoms with E-state index in [1.54, 1.807) is 21.9 Å². The van der Waals surface area contributed by atoms with Crippen LogP contribution in [0, 0.1) is 13.8 Å². The number of amides is 2. The molecule has 0 saturated carbocycles. The average Bonchev–Trinajstić information content (AvgIpc) is 3.14. The van der Waals surface area contributed by atoms with Crippen molar-refractivity contribution < 1.29 is 18.4 Å². The van der Waals surface area contributed by atoms with Gasteiger partial charge in [0.15, 0.2) is 11.5 Å². The summed E-state index contributed by atoms with van der Waals surface area (Å²) in [6.45, 7) is 7.07. The second-order valence-electron chi connectivity index (χ2n) is 5.96. The molecule has 1 aliphatic heterocycles. The van der Waals surface area contributed by atoms with Gasteiger partial charge in [-0.25, -0.2) is 0 Å². The van der Waals surface area contributed by atoms with Crippen molar-refractivity contribution >= 4 is 11.8 Å². The van der Waals surface area contributed by atoms with Crippen molar-refractivity contribution in [1.29, 1.82) is 0 Å². The fourth-order valence-electron chi connectivity index (χ4n) is 2.90. The van der Waals surface area contributed by atoms with E-state index in [1.807, 2.05) is 20.8 Å². The van der Waals surface area contributed by atoms with Crippen molar-refractivity contribution in [2.75, 3.05) is 19.6 Å². The molecule has 6 nitrogen and oxygen atoms in total. The molecule has 0 spiro atoms. The van der Waals surface area contributed by atoms with Crippen molar-refractivity contribution in [2.45, 2.75) is 26.8 Å². The van der Waals surface area contributed by atoms with E-state index in [0.717, 1.165) is 11.1 Å². The predicted molar refractivity (Wildman–Crippen MR) is 83.3 cm³/mol. The van der Waals surface area contributed by atoms with Crippen LogP contribution in [0.1, 0.15) is 39.2 Å². The first-order valence-electron chi connectivity index (χ1n) is 7.67. The molecule has 2 amide bonds. The molecule has 2 aromatic heterocycles. The Hall–Kier alpha value is -2.50. The lowest BCUT2D eigenvalue weighted by molar-refractivity contribution is 0.0380. The number of rotatable bonds is 2. The van der Waals surface area contributed by atoms with Crippen molar-refractivity contribution in [3.05, 3.63) is 47.3 Å². The molecule has 1 atom stereocenters. The molecule has 1 fully saturated rings. The summed E-state index contributed by atoms with van der Waals surface area (Å²) in [5.74, 6) is 0.499. The van der Waals surface area contributed by atoms with Crippen molar-refractivity contribution in [1.82, 2.24) is 9.80 Å². The summed E-state index contributed by atoms with van der Waals surface area (Å²) in [6, 6.07) is 3.47. The van der Waals surface area contributed by atoms with E-state index in [4.69, 9.17) is 8.83 Å². The summed E-state index contributed by atoms with van der Waals surface area (Å²) in [5.41, 5.74) is 1.65. The van der Waals surface area contributed by atoms with Crippen LogP contribution in [0.2, 0.25) is 0 Å². The van der Waals surface area contributed by atoms with Gasteiger partial charge in [0, 0.05) is 36.8 Å². The van der Waals surface area contributed by atoms with Crippen LogP contribution < -0.4 is 0 Å². The van der Waals surface area contributed by atoms with Crippen LogP contribution in [0.5, 0.6) is 0 Å². The first kappa shape index (κ1) is 15.4. The standard InChI is InChI=1S/C17H20N2O4/c1-11-4-8-22-14(11)16(20)18-6-7-19(13(3)10-18)17(21)15-12(2)5-9-23-15/h4-5,8-9,13H,6-7,10H2,1-3H3/t13-/m0/s1. The minimum Gasteiger partial charge on any atom is -0.459 e. The molecular formula is C17H20N2O4. The van der Waals surface area contributed by atoms with Crippen LogP contribution in [0.4, 0.5) is 0 Å². The van der Waals surface area contributed by atoms with Gasteiger partial charge in [-0.2, -0.15) is 0 Å². The predicted octanol–water partition coefficient (Wildman–Crippen LogP) is 2.48. The summed E-state index contributed by atoms with van der Waals surface area (Å²) < 4.78 is 10.6. The van der Waals surface area contributed by atoms with Gasteiger partial charge in [-0.15, -0.1) is 0 Å². The molecule has 2 aromatic rings. The van der Waals surface area contributed by atoms with Gasteiger partial charge in [-0.05, 0) is 32.9 Å². The van der Waals surface area contributed by atoms with Gasteiger partial charge < -0.3 is 18.6 Å². The fourth-order valence-corrected chi connectivity index (χ4v) is 2.90. The fraction of sp³-hybridized carbons (Fsp3) is 0.412. The lowest BCUT2D eigenvalue weighted by atomic mass is 10.1. The van der Waals surface area contributed by atoms with Crippen LogP contribution in [0.3, 0.4) is 0 Å². The Morgan fingerprint density at radius 3 is 2.04 bits per heavy atom. The molecule has 122 valence electrons. The minimum absolute atomic E-state index is 0.0834. The smallest absolute Gasteiger partial charge is 0.290 e. The first-order chi connectivity index (χ1) is 11.0. The van der Waals surface area contributed by atoms with E-state index in [2.05, 4.69) is 0 Å². The largest absolute Gasteiger partial charge is 0.459 e. The third kappa shape index (κ3) is 2.76. The Balaban J connectivity index is 1.70. The Morgan fingerprint density at radius 2 is 1.57 bits per heavy atom. The number of carbonyl (C=O) groups excluding carboxylic acids is 2. The van der Waals surface area contributed by atoms with Crippen LogP contribution in [-0.4, -0.2) is 47.3 Å². The molecule has 1 saturated heterocycles. The molecule has 3 heterocycles.